The summed E-state index contributed by atoms with van der Waals surface area (Å²) in [5, 5.41) is 6.16. The van der Waals surface area contributed by atoms with E-state index in [1.54, 1.807) is 25.6 Å². The number of methoxy groups -OCH3 is 1. The lowest BCUT2D eigenvalue weighted by Gasteiger charge is -2.10. The Morgan fingerprint density at radius 1 is 0.885 bits per heavy atom. The molecule has 0 spiro atoms. The fourth-order valence-corrected chi connectivity index (χ4v) is 2.72. The molecule has 1 amide bonds. The number of aromatic nitrogens is 1. The van der Waals surface area contributed by atoms with Gasteiger partial charge in [0.25, 0.3) is 5.91 Å². The molecule has 0 aliphatic rings. The summed E-state index contributed by atoms with van der Waals surface area (Å²) < 4.78 is 5.15. The molecule has 2 N–H and O–H groups in total. The van der Waals surface area contributed by atoms with E-state index in [9.17, 15) is 4.79 Å². The molecular formula is C21H21N3O2. The van der Waals surface area contributed by atoms with E-state index in [4.69, 9.17) is 4.74 Å². The van der Waals surface area contributed by atoms with Gasteiger partial charge in [0.15, 0.2) is 0 Å². The number of pyridine rings is 1. The van der Waals surface area contributed by atoms with Crippen molar-refractivity contribution < 1.29 is 9.53 Å². The number of amides is 1. The van der Waals surface area contributed by atoms with Gasteiger partial charge in [0, 0.05) is 17.6 Å². The lowest BCUT2D eigenvalue weighted by molar-refractivity contribution is 0.102. The van der Waals surface area contributed by atoms with Crippen molar-refractivity contribution in [3.8, 4) is 5.75 Å². The Labute approximate surface area is 153 Å². The highest BCUT2D eigenvalue weighted by molar-refractivity contribution is 6.04. The first kappa shape index (κ1) is 17.5. The Hall–Kier alpha value is -3.34. The van der Waals surface area contributed by atoms with Crippen molar-refractivity contribution >= 4 is 23.0 Å². The maximum absolute atomic E-state index is 12.5. The molecule has 0 unspecified atom stereocenters. The third-order valence-electron chi connectivity index (χ3n) is 3.86. The molecule has 1 heterocycles. The number of aryl methyl sites for hydroxylation is 2. The van der Waals surface area contributed by atoms with E-state index in [0.717, 1.165) is 33.9 Å². The summed E-state index contributed by atoms with van der Waals surface area (Å²) in [6, 6.07) is 15.3. The predicted octanol–water partition coefficient (Wildman–Crippen LogP) is 4.70. The van der Waals surface area contributed by atoms with Gasteiger partial charge < -0.3 is 15.4 Å². The van der Waals surface area contributed by atoms with Gasteiger partial charge in [-0.25, -0.2) is 0 Å². The van der Waals surface area contributed by atoms with Crippen molar-refractivity contribution in [2.75, 3.05) is 17.7 Å². The number of hydrogen-bond acceptors (Lipinski definition) is 4. The van der Waals surface area contributed by atoms with Gasteiger partial charge in [-0.2, -0.15) is 0 Å². The van der Waals surface area contributed by atoms with E-state index < -0.39 is 0 Å². The Bertz CT molecular complexity index is 901. The smallest absolute Gasteiger partial charge is 0.257 e. The van der Waals surface area contributed by atoms with Crippen LogP contribution in [0, 0.1) is 13.8 Å². The zero-order chi connectivity index (χ0) is 18.5. The quantitative estimate of drug-likeness (QED) is 0.702. The second-order valence-electron chi connectivity index (χ2n) is 6.15. The summed E-state index contributed by atoms with van der Waals surface area (Å²) in [4.78, 5) is 16.7. The molecule has 0 aliphatic heterocycles. The highest BCUT2D eigenvalue weighted by Crippen LogP contribution is 2.21. The van der Waals surface area contributed by atoms with Crippen molar-refractivity contribution in [2.45, 2.75) is 13.8 Å². The number of carbonyl (C=O) groups is 1. The van der Waals surface area contributed by atoms with Crippen LogP contribution < -0.4 is 15.4 Å². The molecular weight excluding hydrogens is 326 g/mol. The van der Waals surface area contributed by atoms with Crippen molar-refractivity contribution in [3.63, 3.8) is 0 Å². The zero-order valence-electron chi connectivity index (χ0n) is 15.0. The standard InChI is InChI=1S/C21H21N3O2/c1-14-8-15(2)10-18(9-14)24-21(25)16-11-19(13-22-12-16)23-17-4-6-20(26-3)7-5-17/h4-13,23H,1-3H3,(H,24,25). The molecule has 3 rings (SSSR count). The molecule has 26 heavy (non-hydrogen) atoms. The van der Waals surface area contributed by atoms with Crippen molar-refractivity contribution in [2.24, 2.45) is 0 Å². The number of hydrogen-bond donors (Lipinski definition) is 2. The van der Waals surface area contributed by atoms with Gasteiger partial charge in [-0.15, -0.1) is 0 Å². The number of ether oxygens (including phenoxy) is 1. The lowest BCUT2D eigenvalue weighted by Crippen LogP contribution is -2.12. The van der Waals surface area contributed by atoms with E-state index >= 15 is 0 Å². The first-order chi connectivity index (χ1) is 12.5. The Balaban J connectivity index is 1.74. The molecule has 1 aromatic heterocycles. The summed E-state index contributed by atoms with van der Waals surface area (Å²) in [5.41, 5.74) is 5.10. The molecule has 0 aliphatic carbocycles. The maximum Gasteiger partial charge on any atom is 0.257 e. The summed E-state index contributed by atoms with van der Waals surface area (Å²) >= 11 is 0. The number of benzene rings is 2. The highest BCUT2D eigenvalue weighted by atomic mass is 16.5. The number of anilines is 3. The van der Waals surface area contributed by atoms with Gasteiger partial charge in [0.1, 0.15) is 5.75 Å². The third kappa shape index (κ3) is 4.39. The molecule has 0 atom stereocenters. The number of nitrogens with one attached hydrogen (secondary N) is 2. The average molecular weight is 347 g/mol. The van der Waals surface area contributed by atoms with E-state index in [1.165, 1.54) is 0 Å². The minimum atomic E-state index is -0.194. The number of rotatable bonds is 5. The van der Waals surface area contributed by atoms with Gasteiger partial charge in [-0.3, -0.25) is 9.78 Å². The maximum atomic E-state index is 12.5. The zero-order valence-corrected chi connectivity index (χ0v) is 15.0. The Morgan fingerprint density at radius 3 is 2.23 bits per heavy atom. The normalized spacial score (nSPS) is 10.3. The Morgan fingerprint density at radius 2 is 1.58 bits per heavy atom. The first-order valence-electron chi connectivity index (χ1n) is 8.29. The Kier molecular flexibility index (Phi) is 5.17. The van der Waals surface area contributed by atoms with Gasteiger partial charge >= 0.3 is 0 Å². The molecule has 0 fully saturated rings. The molecule has 0 radical (unpaired) electrons. The van der Waals surface area contributed by atoms with Crippen LogP contribution in [0.1, 0.15) is 21.5 Å². The van der Waals surface area contributed by atoms with Crippen molar-refractivity contribution in [3.05, 3.63) is 77.6 Å². The highest BCUT2D eigenvalue weighted by Gasteiger charge is 2.08. The third-order valence-corrected chi connectivity index (χ3v) is 3.86. The number of carbonyl (C=O) groups excluding carboxylic acids is 1. The summed E-state index contributed by atoms with van der Waals surface area (Å²) in [7, 11) is 1.63. The van der Waals surface area contributed by atoms with Crippen LogP contribution in [0.2, 0.25) is 0 Å². The number of nitrogens with zero attached hydrogens (tertiary/aromatic N) is 1. The lowest BCUT2D eigenvalue weighted by atomic mass is 10.1. The SMILES string of the molecule is COc1ccc(Nc2cncc(C(=O)Nc3cc(C)cc(C)c3)c2)cc1. The molecule has 5 heteroatoms. The second-order valence-corrected chi connectivity index (χ2v) is 6.15. The minimum Gasteiger partial charge on any atom is -0.497 e. The van der Waals surface area contributed by atoms with Gasteiger partial charge in [0.05, 0.1) is 24.6 Å². The van der Waals surface area contributed by atoms with Crippen LogP contribution >= 0.6 is 0 Å². The molecule has 132 valence electrons. The van der Waals surface area contributed by atoms with Crippen LogP contribution in [0.4, 0.5) is 17.1 Å². The first-order valence-corrected chi connectivity index (χ1v) is 8.29. The van der Waals surface area contributed by atoms with Gasteiger partial charge in [-0.05, 0) is 67.4 Å². The minimum absolute atomic E-state index is 0.194. The van der Waals surface area contributed by atoms with Crippen LogP contribution in [0.5, 0.6) is 5.75 Å². The predicted molar refractivity (Wildman–Crippen MR) is 104 cm³/mol. The average Bonchev–Trinajstić information content (AvgIpc) is 2.62. The van der Waals surface area contributed by atoms with Crippen LogP contribution in [0.3, 0.4) is 0 Å². The fourth-order valence-electron chi connectivity index (χ4n) is 2.72. The molecule has 3 aromatic rings. The summed E-state index contributed by atoms with van der Waals surface area (Å²) in [6.07, 6.45) is 3.23. The molecule has 2 aromatic carbocycles. The summed E-state index contributed by atoms with van der Waals surface area (Å²) in [6.45, 7) is 4.01. The molecule has 0 saturated carbocycles. The molecule has 0 saturated heterocycles. The topological polar surface area (TPSA) is 63.2 Å². The van der Waals surface area contributed by atoms with Crippen molar-refractivity contribution in [1.82, 2.24) is 4.98 Å². The van der Waals surface area contributed by atoms with E-state index in [1.807, 2.05) is 50.2 Å². The van der Waals surface area contributed by atoms with Crippen LogP contribution in [-0.2, 0) is 0 Å². The van der Waals surface area contributed by atoms with Gasteiger partial charge in [-0.1, -0.05) is 6.07 Å². The van der Waals surface area contributed by atoms with Crippen LogP contribution in [0.15, 0.2) is 60.9 Å². The summed E-state index contributed by atoms with van der Waals surface area (Å²) in [5.74, 6) is 0.594. The second kappa shape index (κ2) is 7.70. The van der Waals surface area contributed by atoms with E-state index in [-0.39, 0.29) is 5.91 Å². The largest absolute Gasteiger partial charge is 0.497 e. The van der Waals surface area contributed by atoms with Gasteiger partial charge in [0.2, 0.25) is 0 Å². The van der Waals surface area contributed by atoms with E-state index in [0.29, 0.717) is 5.56 Å². The monoisotopic (exact) mass is 347 g/mol. The van der Waals surface area contributed by atoms with E-state index in [2.05, 4.69) is 21.7 Å². The van der Waals surface area contributed by atoms with Crippen LogP contribution in [-0.4, -0.2) is 18.0 Å². The van der Waals surface area contributed by atoms with Crippen LogP contribution in [0.25, 0.3) is 0 Å². The van der Waals surface area contributed by atoms with Crippen molar-refractivity contribution in [1.29, 1.82) is 0 Å². The molecule has 5 nitrogen and oxygen atoms in total. The fraction of sp³-hybridized carbons (Fsp3) is 0.143. The molecule has 0 bridgehead atoms.